The van der Waals surface area contributed by atoms with Crippen LogP contribution in [-0.2, 0) is 14.1 Å². The van der Waals surface area contributed by atoms with E-state index in [1.54, 1.807) is 0 Å². The Hall–Kier alpha value is -1.24. The summed E-state index contributed by atoms with van der Waals surface area (Å²) in [6.45, 7) is 26.3. The van der Waals surface area contributed by atoms with Gasteiger partial charge in [0.25, 0.3) is 0 Å². The molecule has 0 aliphatic carbocycles. The maximum absolute atomic E-state index is 11.2. The van der Waals surface area contributed by atoms with Crippen molar-refractivity contribution in [2.75, 3.05) is 0 Å². The van der Waals surface area contributed by atoms with Crippen LogP contribution in [0.1, 0.15) is 106 Å². The van der Waals surface area contributed by atoms with Crippen molar-refractivity contribution in [1.82, 2.24) is 4.57 Å². The number of rotatable bonds is 5. The van der Waals surface area contributed by atoms with Crippen LogP contribution in [-0.4, -0.2) is 57.1 Å². The summed E-state index contributed by atoms with van der Waals surface area (Å²) in [6, 6.07) is 6.91. The van der Waals surface area contributed by atoms with Gasteiger partial charge in [-0.05, 0) is 0 Å². The number of benzene rings is 1. The number of aryl methyl sites for hydroxylation is 2. The van der Waals surface area contributed by atoms with Gasteiger partial charge in [-0.25, -0.2) is 0 Å². The molecule has 38 heavy (non-hydrogen) atoms. The van der Waals surface area contributed by atoms with E-state index in [1.165, 1.54) is 28.1 Å². The first-order valence-electron chi connectivity index (χ1n) is 14.3. The van der Waals surface area contributed by atoms with Crippen LogP contribution < -0.4 is 10.3 Å². The zero-order valence-electron chi connectivity index (χ0n) is 26.0. The summed E-state index contributed by atoms with van der Waals surface area (Å²) in [7, 11) is 4.40. The molecule has 0 radical (unpaired) electrons. The van der Waals surface area contributed by atoms with Crippen molar-refractivity contribution in [2.24, 2.45) is 19.5 Å². The molecule has 0 amide bonds. The third-order valence-corrected chi connectivity index (χ3v) is 22.3. The summed E-state index contributed by atoms with van der Waals surface area (Å²) in [6.07, 6.45) is 5.47. The van der Waals surface area contributed by atoms with Crippen LogP contribution in [0.2, 0.25) is 5.31 Å². The fourth-order valence-corrected chi connectivity index (χ4v) is 22.2. The molecule has 0 saturated carbocycles. The molecule has 0 N–H and O–H groups in total. The van der Waals surface area contributed by atoms with Crippen molar-refractivity contribution in [1.29, 1.82) is 5.26 Å². The van der Waals surface area contributed by atoms with E-state index in [2.05, 4.69) is 141 Å². The molecule has 0 unspecified atom stereocenters. The van der Waals surface area contributed by atoms with E-state index in [1.807, 2.05) is 0 Å². The average molecular weight is 644 g/mol. The van der Waals surface area contributed by atoms with Gasteiger partial charge in [-0.3, -0.25) is 0 Å². The molecule has 2 aliphatic heterocycles. The predicted octanol–water partition coefficient (Wildman–Crippen LogP) is 5.01. The molecule has 1 saturated heterocycles. The number of nitriles is 1. The number of hydrogen-bond acceptors (Lipinski definition) is 1. The number of hydrogen-bond donors (Lipinski definition) is 0. The Morgan fingerprint density at radius 1 is 1.03 bits per heavy atom. The fraction of sp³-hybridized carbons (Fsp3) is 0.633. The third kappa shape index (κ3) is 4.32. The van der Waals surface area contributed by atoms with Gasteiger partial charge in [0.2, 0.25) is 0 Å². The Labute approximate surface area is 244 Å². The summed E-state index contributed by atoms with van der Waals surface area (Å²) in [5.74, 6) is 3.96. The van der Waals surface area contributed by atoms with Crippen molar-refractivity contribution in [3.63, 3.8) is 0 Å². The Balaban J connectivity index is 2.06. The maximum atomic E-state index is 11.2. The van der Waals surface area contributed by atoms with Gasteiger partial charge >= 0.3 is 245 Å². The van der Waals surface area contributed by atoms with Gasteiger partial charge in [-0.2, -0.15) is 0 Å². The second kappa shape index (κ2) is 9.41. The second-order valence-electron chi connectivity index (χ2n) is 14.8. The van der Waals surface area contributed by atoms with Crippen LogP contribution in [0, 0.1) is 16.6 Å². The van der Waals surface area contributed by atoms with Crippen molar-refractivity contribution in [3.05, 3.63) is 41.7 Å². The first-order chi connectivity index (χ1) is 17.4. The van der Waals surface area contributed by atoms with E-state index in [9.17, 15) is 5.26 Å². The second-order valence-corrected chi connectivity index (χ2v) is 24.9. The molecule has 3 heterocycles. The number of para-hydroxylation sites is 1. The summed E-state index contributed by atoms with van der Waals surface area (Å²) >= 11 is 0.403. The van der Waals surface area contributed by atoms with Crippen LogP contribution in [0.25, 0.3) is 0 Å². The van der Waals surface area contributed by atoms with E-state index in [-0.39, 0.29) is 45.5 Å². The van der Waals surface area contributed by atoms with Crippen molar-refractivity contribution in [3.8, 4) is 5.97 Å². The predicted molar refractivity (Wildman–Crippen MR) is 167 cm³/mol. The van der Waals surface area contributed by atoms with Crippen LogP contribution >= 0.6 is 0 Å². The molecular weight excluding hydrogens is 596 g/mol. The fourth-order valence-electron chi connectivity index (χ4n) is 7.61. The van der Waals surface area contributed by atoms with Gasteiger partial charge in [0.15, 0.2) is 0 Å². The van der Waals surface area contributed by atoms with E-state index in [4.69, 9.17) is 0 Å². The number of aromatic nitrogens is 2. The first-order valence-corrected chi connectivity index (χ1v) is 18.2. The van der Waals surface area contributed by atoms with Gasteiger partial charge in [0.05, 0.1) is 0 Å². The minimum atomic E-state index is -1.25. The van der Waals surface area contributed by atoms with Gasteiger partial charge in [0.1, 0.15) is 0 Å². The third-order valence-electron chi connectivity index (χ3n) is 8.99. The molecule has 8 heteroatoms. The summed E-state index contributed by atoms with van der Waals surface area (Å²) in [5.41, 5.74) is 7.10. The van der Waals surface area contributed by atoms with Gasteiger partial charge in [-0.1, -0.05) is 0 Å². The molecule has 1 aromatic carbocycles. The molecule has 0 spiro atoms. The topological polar surface area (TPSA) is 35.6 Å². The monoisotopic (exact) mass is 646 g/mol. The van der Waals surface area contributed by atoms with Crippen LogP contribution in [0.15, 0.2) is 30.6 Å². The summed E-state index contributed by atoms with van der Waals surface area (Å²) < 4.78 is 5.37. The van der Waals surface area contributed by atoms with E-state index in [0.717, 1.165) is 6.42 Å². The molecule has 2 aliphatic rings. The molecule has 1 aromatic heterocycles. The average Bonchev–Trinajstić information content (AvgIpc) is 3.18. The Morgan fingerprint density at radius 2 is 1.55 bits per heavy atom. The number of nitrogens with zero attached hydrogens (tertiary/aromatic N) is 4. The minimum absolute atomic E-state index is 0.0163. The van der Waals surface area contributed by atoms with E-state index in [0.29, 0.717) is 11.8 Å². The molecule has 206 valence electrons. The summed E-state index contributed by atoms with van der Waals surface area (Å²) in [5, 5.41) is 11.4. The summed E-state index contributed by atoms with van der Waals surface area (Å²) in [4.78, 5) is 0. The molecule has 1 fully saturated rings. The molecule has 4 rings (SSSR count). The Morgan fingerprint density at radius 3 is 1.95 bits per heavy atom. The van der Waals surface area contributed by atoms with Gasteiger partial charge in [0, 0.05) is 0 Å². The van der Waals surface area contributed by atoms with Crippen LogP contribution in [0.4, 0.5) is 5.69 Å². The van der Waals surface area contributed by atoms with Crippen molar-refractivity contribution in [2.45, 2.75) is 105 Å². The van der Waals surface area contributed by atoms with Gasteiger partial charge < -0.3 is 0 Å². The van der Waals surface area contributed by atoms with Crippen LogP contribution in [0.3, 0.4) is 0 Å². The SMILES string of the molecule is CC(C)c1cccc(C(C)C)c1[N+]1=C([B-]2(C#N)[Se][B-](c3n(C)cc[n+]3C)(C(C)(C)C)[Se]2)C(C)(C)CC1(C)C. The zero-order chi connectivity index (χ0) is 28.6. The molecule has 2 aromatic rings. The van der Waals surface area contributed by atoms with Crippen LogP contribution in [0.5, 0.6) is 0 Å². The Kier molecular flexibility index (Phi) is 7.36. The molecule has 0 atom stereocenters. The molecule has 0 bridgehead atoms. The normalized spacial score (nSPS) is 26.7. The van der Waals surface area contributed by atoms with Crippen molar-refractivity contribution >= 4 is 53.8 Å². The zero-order valence-corrected chi connectivity index (χ0v) is 29.4. The van der Waals surface area contributed by atoms with Crippen molar-refractivity contribution < 1.29 is 9.14 Å². The van der Waals surface area contributed by atoms with E-state index >= 15 is 0 Å². The van der Waals surface area contributed by atoms with E-state index < -0.39 is 7.54 Å². The van der Waals surface area contributed by atoms with Gasteiger partial charge in [-0.15, -0.1) is 0 Å². The molecular formula is C30H48B2N4Se2. The number of imidazole rings is 1. The Bertz CT molecular complexity index is 1290. The standard InChI is InChI=1S/C30H48B2N4Se2/c1-21(2)23-15-14-16-24(22(3)4)25(23)36-26(29(8,9)19-30(36,10)11)31(20-33)37-32(38-31,28(5,6)7)27-34(12)17-18-35(27)13/h14-18,21-22H,19H2,1-13H3. The molecule has 4 nitrogen and oxygen atoms in total. The quantitative estimate of drug-likeness (QED) is 0.334. The first kappa shape index (κ1) is 29.7.